The highest BCUT2D eigenvalue weighted by Gasteiger charge is 2.35. The molecule has 11 heavy (non-hydrogen) atoms. The summed E-state index contributed by atoms with van der Waals surface area (Å²) in [7, 11) is 0. The zero-order valence-corrected chi connectivity index (χ0v) is 7.35. The van der Waals surface area contributed by atoms with Crippen LogP contribution in [0, 0.1) is 5.41 Å². The van der Waals surface area contributed by atoms with E-state index in [0.29, 0.717) is 0 Å². The summed E-state index contributed by atoms with van der Waals surface area (Å²) in [4.78, 5) is 11.0. The Hall–Kier alpha value is -0.570. The quantitative estimate of drug-likeness (QED) is 0.528. The molecule has 1 heterocycles. The highest BCUT2D eigenvalue weighted by molar-refractivity contribution is 5.84. The molecule has 0 radical (unpaired) electrons. The largest absolute Gasteiger partial charge is 0.351 e. The van der Waals surface area contributed by atoms with E-state index in [4.69, 9.17) is 5.73 Å². The third-order valence-corrected chi connectivity index (χ3v) is 2.19. The first-order chi connectivity index (χ1) is 4.91. The fourth-order valence-corrected chi connectivity index (χ4v) is 1.27. The van der Waals surface area contributed by atoms with Crippen LogP contribution in [0.25, 0.3) is 0 Å². The topological polar surface area (TPSA) is 55.1 Å². The van der Waals surface area contributed by atoms with Gasteiger partial charge < -0.3 is 11.1 Å². The van der Waals surface area contributed by atoms with Gasteiger partial charge in [-0.1, -0.05) is 20.8 Å². The zero-order valence-electron chi connectivity index (χ0n) is 7.35. The van der Waals surface area contributed by atoms with Crippen LogP contribution in [0.1, 0.15) is 27.2 Å². The molecule has 2 atom stereocenters. The van der Waals surface area contributed by atoms with Crippen molar-refractivity contribution >= 4 is 5.91 Å². The van der Waals surface area contributed by atoms with Gasteiger partial charge in [-0.25, -0.2) is 0 Å². The number of nitrogens with two attached hydrogens (primary N) is 1. The van der Waals surface area contributed by atoms with Crippen LogP contribution in [0.4, 0.5) is 0 Å². The van der Waals surface area contributed by atoms with Crippen molar-refractivity contribution in [1.29, 1.82) is 0 Å². The van der Waals surface area contributed by atoms with E-state index in [0.717, 1.165) is 6.42 Å². The predicted octanol–water partition coefficient (Wildman–Crippen LogP) is 0.248. The van der Waals surface area contributed by atoms with Crippen molar-refractivity contribution in [3.63, 3.8) is 0 Å². The van der Waals surface area contributed by atoms with E-state index in [1.807, 2.05) is 0 Å². The molecule has 1 aliphatic rings. The Morgan fingerprint density at radius 1 is 1.55 bits per heavy atom. The van der Waals surface area contributed by atoms with Gasteiger partial charge in [0.1, 0.15) is 0 Å². The summed E-state index contributed by atoms with van der Waals surface area (Å²) in [5.74, 6) is -0.00933. The van der Waals surface area contributed by atoms with Crippen LogP contribution in [0.2, 0.25) is 0 Å². The Bertz CT molecular complexity index is 171. The molecule has 1 fully saturated rings. The SMILES string of the molecule is CC(C)(C)[C@@H]1C[C@H](N)C(=O)N1. The van der Waals surface area contributed by atoms with Crippen LogP contribution in [-0.2, 0) is 4.79 Å². The number of hydrogen-bond donors (Lipinski definition) is 2. The van der Waals surface area contributed by atoms with Crippen LogP contribution in [0.3, 0.4) is 0 Å². The van der Waals surface area contributed by atoms with Gasteiger partial charge in [-0.3, -0.25) is 4.79 Å². The van der Waals surface area contributed by atoms with Crippen molar-refractivity contribution < 1.29 is 4.79 Å². The molecule has 0 aliphatic carbocycles. The van der Waals surface area contributed by atoms with Crippen molar-refractivity contribution in [1.82, 2.24) is 5.32 Å². The molecule has 1 saturated heterocycles. The van der Waals surface area contributed by atoms with Crippen molar-refractivity contribution in [2.24, 2.45) is 11.1 Å². The first kappa shape index (κ1) is 8.53. The van der Waals surface area contributed by atoms with Gasteiger partial charge in [-0.2, -0.15) is 0 Å². The third kappa shape index (κ3) is 1.71. The molecule has 0 bridgehead atoms. The molecule has 1 amide bonds. The molecule has 0 spiro atoms. The minimum Gasteiger partial charge on any atom is -0.351 e. The molecule has 3 N–H and O–H groups in total. The van der Waals surface area contributed by atoms with Gasteiger partial charge in [0.2, 0.25) is 5.91 Å². The molecule has 3 heteroatoms. The van der Waals surface area contributed by atoms with Crippen molar-refractivity contribution in [3.8, 4) is 0 Å². The summed E-state index contributed by atoms with van der Waals surface area (Å²) in [6.45, 7) is 6.32. The van der Waals surface area contributed by atoms with Gasteiger partial charge in [0.05, 0.1) is 6.04 Å². The molecule has 1 aliphatic heterocycles. The van der Waals surface area contributed by atoms with Crippen molar-refractivity contribution in [3.05, 3.63) is 0 Å². The number of rotatable bonds is 0. The lowest BCUT2D eigenvalue weighted by molar-refractivity contribution is -0.120. The van der Waals surface area contributed by atoms with E-state index < -0.39 is 0 Å². The number of carbonyl (C=O) groups is 1. The lowest BCUT2D eigenvalue weighted by Gasteiger charge is -2.26. The molecule has 64 valence electrons. The van der Waals surface area contributed by atoms with Crippen LogP contribution in [0.15, 0.2) is 0 Å². The summed E-state index contributed by atoms with van der Waals surface area (Å²) in [5.41, 5.74) is 5.68. The number of hydrogen-bond acceptors (Lipinski definition) is 2. The summed E-state index contributed by atoms with van der Waals surface area (Å²) in [6, 6.07) is -0.0516. The van der Waals surface area contributed by atoms with Gasteiger partial charge in [0.15, 0.2) is 0 Å². The summed E-state index contributed by atoms with van der Waals surface area (Å²) >= 11 is 0. The lowest BCUT2D eigenvalue weighted by atomic mass is 9.85. The monoisotopic (exact) mass is 156 g/mol. The normalized spacial score (nSPS) is 32.2. The van der Waals surface area contributed by atoms with Gasteiger partial charge in [0.25, 0.3) is 0 Å². The maximum atomic E-state index is 11.0. The molecule has 0 unspecified atom stereocenters. The smallest absolute Gasteiger partial charge is 0.237 e. The van der Waals surface area contributed by atoms with E-state index >= 15 is 0 Å². The Morgan fingerprint density at radius 2 is 2.09 bits per heavy atom. The molecule has 0 aromatic heterocycles. The van der Waals surface area contributed by atoms with Gasteiger partial charge in [-0.15, -0.1) is 0 Å². The summed E-state index contributed by atoms with van der Waals surface area (Å²) < 4.78 is 0. The number of carbonyl (C=O) groups excluding carboxylic acids is 1. The highest BCUT2D eigenvalue weighted by atomic mass is 16.2. The van der Waals surface area contributed by atoms with Crippen LogP contribution < -0.4 is 11.1 Å². The fraction of sp³-hybridized carbons (Fsp3) is 0.875. The number of nitrogens with one attached hydrogen (secondary N) is 1. The first-order valence-corrected chi connectivity index (χ1v) is 3.97. The lowest BCUT2D eigenvalue weighted by Crippen LogP contribution is -2.37. The second-order valence-corrected chi connectivity index (χ2v) is 4.27. The van der Waals surface area contributed by atoms with E-state index in [9.17, 15) is 4.79 Å². The Kier molecular flexibility index (Phi) is 1.92. The molecular weight excluding hydrogens is 140 g/mol. The molecule has 0 saturated carbocycles. The minimum atomic E-state index is -0.292. The molecule has 0 aromatic carbocycles. The molecule has 3 nitrogen and oxygen atoms in total. The van der Waals surface area contributed by atoms with Crippen LogP contribution in [0.5, 0.6) is 0 Å². The predicted molar refractivity (Wildman–Crippen MR) is 44.0 cm³/mol. The van der Waals surface area contributed by atoms with Crippen molar-refractivity contribution in [2.75, 3.05) is 0 Å². The second kappa shape index (κ2) is 2.48. The zero-order chi connectivity index (χ0) is 8.65. The average molecular weight is 156 g/mol. The minimum absolute atomic E-state index is 0.00933. The standard InChI is InChI=1S/C8H16N2O/c1-8(2,3)6-4-5(9)7(11)10-6/h5-6H,4,9H2,1-3H3,(H,10,11)/t5-,6-/m0/s1. The van der Waals surface area contributed by atoms with Gasteiger partial charge >= 0.3 is 0 Å². The van der Waals surface area contributed by atoms with Crippen LogP contribution >= 0.6 is 0 Å². The Labute approximate surface area is 67.3 Å². The van der Waals surface area contributed by atoms with E-state index in [-0.39, 0.29) is 23.4 Å². The van der Waals surface area contributed by atoms with E-state index in [1.54, 1.807) is 0 Å². The second-order valence-electron chi connectivity index (χ2n) is 4.27. The molecule has 0 aromatic rings. The maximum absolute atomic E-state index is 11.0. The summed E-state index contributed by atoms with van der Waals surface area (Å²) in [5, 5.41) is 2.88. The highest BCUT2D eigenvalue weighted by Crippen LogP contribution is 2.25. The van der Waals surface area contributed by atoms with Gasteiger partial charge in [-0.05, 0) is 11.8 Å². The van der Waals surface area contributed by atoms with Crippen LogP contribution in [-0.4, -0.2) is 18.0 Å². The van der Waals surface area contributed by atoms with E-state index in [1.165, 1.54) is 0 Å². The average Bonchev–Trinajstić information content (AvgIpc) is 2.11. The fourth-order valence-electron chi connectivity index (χ4n) is 1.27. The first-order valence-electron chi connectivity index (χ1n) is 3.97. The number of amides is 1. The maximum Gasteiger partial charge on any atom is 0.237 e. The van der Waals surface area contributed by atoms with Crippen molar-refractivity contribution in [2.45, 2.75) is 39.3 Å². The Balaban J connectivity index is 2.61. The third-order valence-electron chi connectivity index (χ3n) is 2.19. The molecular formula is C8H16N2O. The Morgan fingerprint density at radius 3 is 2.27 bits per heavy atom. The molecule has 1 rings (SSSR count). The van der Waals surface area contributed by atoms with E-state index in [2.05, 4.69) is 26.1 Å². The summed E-state index contributed by atoms with van der Waals surface area (Å²) in [6.07, 6.45) is 0.766. The van der Waals surface area contributed by atoms with Gasteiger partial charge in [0, 0.05) is 6.04 Å².